The van der Waals surface area contributed by atoms with E-state index in [0.29, 0.717) is 24.3 Å². The monoisotopic (exact) mass is 417 g/mol. The van der Waals surface area contributed by atoms with Crippen LogP contribution in [0.2, 0.25) is 0 Å². The van der Waals surface area contributed by atoms with Crippen LogP contribution in [0.3, 0.4) is 0 Å². The Morgan fingerprint density at radius 3 is 2.54 bits per heavy atom. The van der Waals surface area contributed by atoms with Crippen LogP contribution in [-0.2, 0) is 6.18 Å². The molecular formula is C18H23ClF3N5O. The topological polar surface area (TPSA) is 63.1 Å². The minimum absolute atomic E-state index is 0. The average Bonchev–Trinajstić information content (AvgIpc) is 2.89. The van der Waals surface area contributed by atoms with Gasteiger partial charge in [0.05, 0.1) is 23.0 Å². The molecule has 0 bridgehead atoms. The number of hydrogen-bond donors (Lipinski definition) is 1. The Hall–Kier alpha value is -2.13. The number of aromatic nitrogens is 3. The summed E-state index contributed by atoms with van der Waals surface area (Å²) < 4.78 is 39.7. The molecule has 0 radical (unpaired) electrons. The molecule has 0 aromatic carbocycles. The van der Waals surface area contributed by atoms with Crippen LogP contribution in [0.1, 0.15) is 47.8 Å². The molecule has 0 spiro atoms. The fourth-order valence-electron chi connectivity index (χ4n) is 3.16. The number of carbonyl (C=O) groups is 1. The largest absolute Gasteiger partial charge is 0.417 e. The van der Waals surface area contributed by atoms with Crippen molar-refractivity contribution in [2.45, 2.75) is 32.4 Å². The molecule has 6 nitrogen and oxygen atoms in total. The Morgan fingerprint density at radius 2 is 1.93 bits per heavy atom. The van der Waals surface area contributed by atoms with Crippen molar-refractivity contribution in [3.8, 4) is 5.82 Å². The van der Waals surface area contributed by atoms with Gasteiger partial charge in [-0.2, -0.15) is 18.3 Å². The highest BCUT2D eigenvalue weighted by molar-refractivity contribution is 5.95. The lowest BCUT2D eigenvalue weighted by Gasteiger charge is -2.21. The number of amides is 1. The maximum absolute atomic E-state index is 13.0. The summed E-state index contributed by atoms with van der Waals surface area (Å²) in [7, 11) is 0. The molecule has 0 aliphatic carbocycles. The van der Waals surface area contributed by atoms with Crippen molar-refractivity contribution in [3.63, 3.8) is 0 Å². The Kier molecular flexibility index (Phi) is 7.06. The van der Waals surface area contributed by atoms with Gasteiger partial charge in [-0.05, 0) is 31.0 Å². The van der Waals surface area contributed by atoms with E-state index in [2.05, 4.69) is 15.4 Å². The van der Waals surface area contributed by atoms with Gasteiger partial charge in [-0.25, -0.2) is 9.67 Å². The molecule has 0 saturated carbocycles. The SMILES string of the molecule is CC(C)c1c(C(=O)N2CCCNCC2)cnn1-c1ccc(C(F)(F)F)cn1.Cl. The zero-order chi connectivity index (χ0) is 19.6. The summed E-state index contributed by atoms with van der Waals surface area (Å²) in [4.78, 5) is 18.7. The quantitative estimate of drug-likeness (QED) is 0.832. The van der Waals surface area contributed by atoms with Crippen LogP contribution >= 0.6 is 12.4 Å². The highest BCUT2D eigenvalue weighted by atomic mass is 35.5. The van der Waals surface area contributed by atoms with Crippen molar-refractivity contribution < 1.29 is 18.0 Å². The van der Waals surface area contributed by atoms with E-state index in [1.165, 1.54) is 16.9 Å². The summed E-state index contributed by atoms with van der Waals surface area (Å²) in [6, 6.07) is 2.24. The zero-order valence-electron chi connectivity index (χ0n) is 15.7. The standard InChI is InChI=1S/C18H22F3N5O.ClH/c1-12(2)16-14(17(27)25-8-3-6-22-7-9-25)11-24-26(16)15-5-4-13(10-23-15)18(19,20)21;/h4-5,10-12,22H,3,6-9H2,1-2H3;1H. The Bertz CT molecular complexity index is 797. The highest BCUT2D eigenvalue weighted by Crippen LogP contribution is 2.29. The van der Waals surface area contributed by atoms with Crippen LogP contribution < -0.4 is 5.32 Å². The molecular weight excluding hydrogens is 395 g/mol. The van der Waals surface area contributed by atoms with E-state index in [1.54, 1.807) is 4.90 Å². The van der Waals surface area contributed by atoms with Crippen LogP contribution in [0.4, 0.5) is 13.2 Å². The van der Waals surface area contributed by atoms with Gasteiger partial charge in [0.1, 0.15) is 0 Å². The number of rotatable bonds is 3. The fourth-order valence-corrected chi connectivity index (χ4v) is 3.16. The average molecular weight is 418 g/mol. The molecule has 2 aromatic rings. The molecule has 1 aliphatic rings. The summed E-state index contributed by atoms with van der Waals surface area (Å²) in [6.45, 7) is 6.71. The van der Waals surface area contributed by atoms with E-state index < -0.39 is 11.7 Å². The molecule has 3 rings (SSSR count). The van der Waals surface area contributed by atoms with Gasteiger partial charge >= 0.3 is 6.18 Å². The van der Waals surface area contributed by atoms with Crippen LogP contribution in [0.15, 0.2) is 24.5 Å². The van der Waals surface area contributed by atoms with Gasteiger partial charge in [0.15, 0.2) is 5.82 Å². The molecule has 0 unspecified atom stereocenters. The van der Waals surface area contributed by atoms with E-state index in [4.69, 9.17) is 0 Å². The van der Waals surface area contributed by atoms with Crippen molar-refractivity contribution in [3.05, 3.63) is 41.3 Å². The summed E-state index contributed by atoms with van der Waals surface area (Å²) in [6.07, 6.45) is -1.31. The van der Waals surface area contributed by atoms with E-state index >= 15 is 0 Å². The molecule has 1 saturated heterocycles. The summed E-state index contributed by atoms with van der Waals surface area (Å²) in [5.74, 6) is 0.0875. The number of halogens is 4. The predicted molar refractivity (Wildman–Crippen MR) is 101 cm³/mol. The minimum Gasteiger partial charge on any atom is -0.337 e. The number of pyridine rings is 1. The summed E-state index contributed by atoms with van der Waals surface area (Å²) >= 11 is 0. The molecule has 28 heavy (non-hydrogen) atoms. The van der Waals surface area contributed by atoms with Crippen LogP contribution in [0, 0.1) is 0 Å². The van der Waals surface area contributed by atoms with Gasteiger partial charge in [0.2, 0.25) is 0 Å². The van der Waals surface area contributed by atoms with Crippen LogP contribution in [0.5, 0.6) is 0 Å². The van der Waals surface area contributed by atoms with Gasteiger partial charge in [0.25, 0.3) is 5.91 Å². The first-order chi connectivity index (χ1) is 12.8. The van der Waals surface area contributed by atoms with Crippen molar-refractivity contribution in [2.75, 3.05) is 26.2 Å². The van der Waals surface area contributed by atoms with Gasteiger partial charge < -0.3 is 10.2 Å². The predicted octanol–water partition coefficient (Wildman–Crippen LogP) is 3.27. The maximum Gasteiger partial charge on any atom is 0.417 e. The van der Waals surface area contributed by atoms with Gasteiger partial charge in [-0.15, -0.1) is 12.4 Å². The number of nitrogens with zero attached hydrogens (tertiary/aromatic N) is 4. The molecule has 154 valence electrons. The third kappa shape index (κ3) is 4.64. The zero-order valence-corrected chi connectivity index (χ0v) is 16.5. The van der Waals surface area contributed by atoms with Gasteiger partial charge in [-0.3, -0.25) is 4.79 Å². The van der Waals surface area contributed by atoms with E-state index in [0.717, 1.165) is 31.8 Å². The summed E-state index contributed by atoms with van der Waals surface area (Å²) in [5, 5.41) is 7.50. The molecule has 3 heterocycles. The maximum atomic E-state index is 13.0. The first-order valence-electron chi connectivity index (χ1n) is 8.90. The van der Waals surface area contributed by atoms with Crippen molar-refractivity contribution in [1.82, 2.24) is 25.0 Å². The van der Waals surface area contributed by atoms with Crippen LogP contribution in [-0.4, -0.2) is 51.8 Å². The third-order valence-corrected chi connectivity index (χ3v) is 4.50. The van der Waals surface area contributed by atoms with Gasteiger partial charge in [-0.1, -0.05) is 13.8 Å². The number of carbonyl (C=O) groups excluding carboxylic acids is 1. The van der Waals surface area contributed by atoms with E-state index in [9.17, 15) is 18.0 Å². The van der Waals surface area contributed by atoms with Crippen molar-refractivity contribution in [2.24, 2.45) is 0 Å². The lowest BCUT2D eigenvalue weighted by atomic mass is 10.0. The first kappa shape index (κ1) is 22.2. The molecule has 10 heteroatoms. The lowest BCUT2D eigenvalue weighted by Crippen LogP contribution is -2.34. The Labute approximate surface area is 167 Å². The lowest BCUT2D eigenvalue weighted by molar-refractivity contribution is -0.137. The number of nitrogens with one attached hydrogen (secondary N) is 1. The fraction of sp³-hybridized carbons (Fsp3) is 0.500. The van der Waals surface area contributed by atoms with Crippen LogP contribution in [0.25, 0.3) is 5.82 Å². The second-order valence-electron chi connectivity index (χ2n) is 6.81. The third-order valence-electron chi connectivity index (χ3n) is 4.50. The van der Waals surface area contributed by atoms with Gasteiger partial charge in [0, 0.05) is 25.8 Å². The molecule has 1 fully saturated rings. The minimum atomic E-state index is -4.45. The Morgan fingerprint density at radius 1 is 1.18 bits per heavy atom. The Balaban J connectivity index is 0.00000280. The second-order valence-corrected chi connectivity index (χ2v) is 6.81. The van der Waals surface area contributed by atoms with Crippen molar-refractivity contribution in [1.29, 1.82) is 0 Å². The molecule has 1 N–H and O–H groups in total. The first-order valence-corrected chi connectivity index (χ1v) is 8.90. The molecule has 2 aromatic heterocycles. The normalized spacial score (nSPS) is 15.3. The van der Waals surface area contributed by atoms with Crippen molar-refractivity contribution >= 4 is 18.3 Å². The second kappa shape index (κ2) is 8.91. The summed E-state index contributed by atoms with van der Waals surface area (Å²) in [5.41, 5.74) is 0.288. The number of hydrogen-bond acceptors (Lipinski definition) is 4. The van der Waals surface area contributed by atoms with E-state index in [1.807, 2.05) is 13.8 Å². The highest BCUT2D eigenvalue weighted by Gasteiger charge is 2.31. The molecule has 1 amide bonds. The number of alkyl halides is 3. The molecule has 1 aliphatic heterocycles. The molecule has 0 atom stereocenters. The smallest absolute Gasteiger partial charge is 0.337 e. The van der Waals surface area contributed by atoms with E-state index in [-0.39, 0.29) is 30.0 Å².